The third-order valence-electron chi connectivity index (χ3n) is 6.26. The van der Waals surface area contributed by atoms with Crippen molar-refractivity contribution in [2.24, 2.45) is 11.0 Å². The Labute approximate surface area is 162 Å². The Morgan fingerprint density at radius 2 is 1.74 bits per heavy atom. The first-order valence-electron chi connectivity index (χ1n) is 10.3. The second-order valence-corrected chi connectivity index (χ2v) is 8.21. The largest absolute Gasteiger partial charge is 0.385 e. The zero-order valence-corrected chi connectivity index (χ0v) is 16.3. The summed E-state index contributed by atoms with van der Waals surface area (Å²) in [6.45, 7) is 6.18. The molecule has 0 bridgehead atoms. The minimum atomic E-state index is -0.648. The van der Waals surface area contributed by atoms with Crippen LogP contribution in [0.3, 0.4) is 0 Å². The molecule has 1 aromatic carbocycles. The van der Waals surface area contributed by atoms with Gasteiger partial charge in [-0.3, -0.25) is 5.01 Å². The molecule has 2 atom stereocenters. The Balaban J connectivity index is 1.18. The van der Waals surface area contributed by atoms with E-state index in [9.17, 15) is 5.11 Å². The molecule has 1 saturated heterocycles. The van der Waals surface area contributed by atoms with E-state index in [0.717, 1.165) is 51.0 Å². The monoisotopic (exact) mass is 365 g/mol. The summed E-state index contributed by atoms with van der Waals surface area (Å²) >= 11 is 0. The standard InChI is InChI=1S/C23H31N3O/c1-19-8-10-21(11-9-19)23(27)12-16-25(17-13-23)14-4-5-15-26-22-7-3-2-6-20(22)18-24-26/h2-3,6-11,18,20,22,27H,4-5,12-17H2,1H3. The minimum Gasteiger partial charge on any atom is -0.385 e. The van der Waals surface area contributed by atoms with E-state index in [-0.39, 0.29) is 0 Å². The molecule has 4 rings (SSSR count). The van der Waals surface area contributed by atoms with Crippen molar-refractivity contribution in [2.75, 3.05) is 26.2 Å². The average molecular weight is 366 g/mol. The lowest BCUT2D eigenvalue weighted by Crippen LogP contribution is -2.43. The highest BCUT2D eigenvalue weighted by Gasteiger charge is 2.33. The van der Waals surface area contributed by atoms with E-state index in [2.05, 4.69) is 76.7 Å². The smallest absolute Gasteiger partial charge is 0.0920 e. The van der Waals surface area contributed by atoms with Crippen LogP contribution in [-0.2, 0) is 5.60 Å². The molecule has 27 heavy (non-hydrogen) atoms. The molecule has 0 radical (unpaired) electrons. The molecular formula is C23H31N3O. The van der Waals surface area contributed by atoms with Gasteiger partial charge in [0.1, 0.15) is 0 Å². The number of rotatable bonds is 6. The van der Waals surface area contributed by atoms with Crippen LogP contribution >= 0.6 is 0 Å². The van der Waals surface area contributed by atoms with E-state index in [4.69, 9.17) is 0 Å². The fraction of sp³-hybridized carbons (Fsp3) is 0.522. The summed E-state index contributed by atoms with van der Waals surface area (Å²) < 4.78 is 0. The average Bonchev–Trinajstić information content (AvgIpc) is 3.10. The van der Waals surface area contributed by atoms with E-state index >= 15 is 0 Å². The highest BCUT2D eigenvalue weighted by atomic mass is 16.3. The number of likely N-dealkylation sites (tertiary alicyclic amines) is 1. The minimum absolute atomic E-state index is 0.425. The van der Waals surface area contributed by atoms with Gasteiger partial charge in [0.2, 0.25) is 0 Å². The molecule has 1 aromatic rings. The second-order valence-electron chi connectivity index (χ2n) is 8.21. The molecule has 144 valence electrons. The second kappa shape index (κ2) is 7.99. The van der Waals surface area contributed by atoms with Crippen LogP contribution in [0.15, 0.2) is 53.7 Å². The molecule has 1 fully saturated rings. The molecule has 2 unspecified atom stereocenters. The van der Waals surface area contributed by atoms with E-state index < -0.39 is 5.60 Å². The van der Waals surface area contributed by atoms with Gasteiger partial charge in [-0.2, -0.15) is 5.10 Å². The Morgan fingerprint density at radius 1 is 1.04 bits per heavy atom. The van der Waals surface area contributed by atoms with Gasteiger partial charge in [-0.15, -0.1) is 0 Å². The van der Waals surface area contributed by atoms with E-state index in [1.54, 1.807) is 0 Å². The normalized spacial score (nSPS) is 26.5. The fourth-order valence-corrected chi connectivity index (χ4v) is 4.40. The number of hydrogen-bond acceptors (Lipinski definition) is 4. The van der Waals surface area contributed by atoms with E-state index in [0.29, 0.717) is 12.0 Å². The number of hydrazone groups is 1. The van der Waals surface area contributed by atoms with E-state index in [1.807, 2.05) is 0 Å². The van der Waals surface area contributed by atoms with Crippen molar-refractivity contribution < 1.29 is 5.11 Å². The van der Waals surface area contributed by atoms with Crippen molar-refractivity contribution in [1.82, 2.24) is 9.91 Å². The quantitative estimate of drug-likeness (QED) is 0.785. The first-order chi connectivity index (χ1) is 13.1. The molecule has 0 saturated carbocycles. The molecule has 0 aromatic heterocycles. The van der Waals surface area contributed by atoms with Crippen LogP contribution in [0.2, 0.25) is 0 Å². The summed E-state index contributed by atoms with van der Waals surface area (Å²) in [6, 6.07) is 8.80. The van der Waals surface area contributed by atoms with Crippen molar-refractivity contribution in [2.45, 2.75) is 44.2 Å². The summed E-state index contributed by atoms with van der Waals surface area (Å²) in [7, 11) is 0. The molecule has 1 aliphatic carbocycles. The predicted molar refractivity (Wildman–Crippen MR) is 111 cm³/mol. The van der Waals surface area contributed by atoms with Crippen LogP contribution in [0.4, 0.5) is 0 Å². The van der Waals surface area contributed by atoms with Crippen LogP contribution in [0, 0.1) is 12.8 Å². The number of nitrogens with zero attached hydrogens (tertiary/aromatic N) is 3. The van der Waals surface area contributed by atoms with Crippen LogP contribution in [0.5, 0.6) is 0 Å². The van der Waals surface area contributed by atoms with Crippen molar-refractivity contribution >= 4 is 6.21 Å². The number of benzene rings is 1. The van der Waals surface area contributed by atoms with Gasteiger partial charge in [0.05, 0.1) is 11.6 Å². The molecule has 0 spiro atoms. The van der Waals surface area contributed by atoms with Gasteiger partial charge in [-0.25, -0.2) is 0 Å². The zero-order chi connectivity index (χ0) is 18.7. The summed E-state index contributed by atoms with van der Waals surface area (Å²) in [5.41, 5.74) is 1.67. The van der Waals surface area contributed by atoms with Crippen LogP contribution in [-0.4, -0.2) is 53.5 Å². The SMILES string of the molecule is Cc1ccc(C2(O)CCN(CCCCN3N=CC4C=CC=CC43)CC2)cc1. The molecule has 2 aliphatic heterocycles. The number of aliphatic hydroxyl groups is 1. The first-order valence-corrected chi connectivity index (χ1v) is 10.3. The lowest BCUT2D eigenvalue weighted by atomic mass is 9.84. The fourth-order valence-electron chi connectivity index (χ4n) is 4.40. The number of fused-ring (bicyclic) bond motifs is 1. The summed E-state index contributed by atoms with van der Waals surface area (Å²) in [5.74, 6) is 0.455. The Morgan fingerprint density at radius 3 is 2.52 bits per heavy atom. The van der Waals surface area contributed by atoms with Crippen LogP contribution in [0.1, 0.15) is 36.8 Å². The van der Waals surface area contributed by atoms with Crippen molar-refractivity contribution in [1.29, 1.82) is 0 Å². The maximum Gasteiger partial charge on any atom is 0.0920 e. The lowest BCUT2D eigenvalue weighted by molar-refractivity contribution is -0.0261. The van der Waals surface area contributed by atoms with Gasteiger partial charge in [0, 0.05) is 31.8 Å². The van der Waals surface area contributed by atoms with Gasteiger partial charge in [0.25, 0.3) is 0 Å². The number of piperidine rings is 1. The zero-order valence-electron chi connectivity index (χ0n) is 16.3. The Kier molecular flexibility index (Phi) is 5.46. The first kappa shape index (κ1) is 18.5. The lowest BCUT2D eigenvalue weighted by Gasteiger charge is -2.38. The van der Waals surface area contributed by atoms with Gasteiger partial charge in [-0.05, 0) is 44.7 Å². The number of unbranched alkanes of at least 4 members (excludes halogenated alkanes) is 1. The Bertz CT molecular complexity index is 714. The van der Waals surface area contributed by atoms with Gasteiger partial charge in [-0.1, -0.05) is 54.1 Å². The van der Waals surface area contributed by atoms with Crippen LogP contribution in [0.25, 0.3) is 0 Å². The highest BCUT2D eigenvalue weighted by molar-refractivity contribution is 5.67. The molecule has 1 N–H and O–H groups in total. The molecular weight excluding hydrogens is 334 g/mol. The number of allylic oxidation sites excluding steroid dienone is 2. The third kappa shape index (κ3) is 4.17. The van der Waals surface area contributed by atoms with Gasteiger partial charge < -0.3 is 10.0 Å². The van der Waals surface area contributed by atoms with Gasteiger partial charge in [0.15, 0.2) is 0 Å². The topological polar surface area (TPSA) is 39.1 Å². The maximum absolute atomic E-state index is 11.0. The molecule has 3 aliphatic rings. The molecule has 0 amide bonds. The summed E-state index contributed by atoms with van der Waals surface area (Å²) in [6.07, 6.45) is 14.8. The van der Waals surface area contributed by atoms with E-state index in [1.165, 1.54) is 12.0 Å². The maximum atomic E-state index is 11.0. The van der Waals surface area contributed by atoms with Crippen molar-refractivity contribution in [3.05, 3.63) is 59.7 Å². The van der Waals surface area contributed by atoms with Gasteiger partial charge >= 0.3 is 0 Å². The summed E-state index contributed by atoms with van der Waals surface area (Å²) in [4.78, 5) is 2.50. The number of aryl methyl sites for hydroxylation is 1. The van der Waals surface area contributed by atoms with Crippen molar-refractivity contribution in [3.8, 4) is 0 Å². The highest BCUT2D eigenvalue weighted by Crippen LogP contribution is 2.33. The predicted octanol–water partition coefficient (Wildman–Crippen LogP) is 3.47. The molecule has 4 heteroatoms. The summed E-state index contributed by atoms with van der Waals surface area (Å²) in [5, 5.41) is 17.8. The molecule has 4 nitrogen and oxygen atoms in total. The number of hydrogen-bond donors (Lipinski definition) is 1. The van der Waals surface area contributed by atoms with Crippen molar-refractivity contribution in [3.63, 3.8) is 0 Å². The third-order valence-corrected chi connectivity index (χ3v) is 6.26. The molecule has 2 heterocycles. The Hall–Kier alpha value is -1.91. The van der Waals surface area contributed by atoms with Crippen LogP contribution < -0.4 is 0 Å².